The van der Waals surface area contributed by atoms with Crippen molar-refractivity contribution in [3.05, 3.63) is 25.9 Å². The van der Waals surface area contributed by atoms with E-state index < -0.39 is 0 Å². The van der Waals surface area contributed by atoms with Crippen LogP contribution in [0.2, 0.25) is 0 Å². The molecule has 1 saturated carbocycles. The van der Waals surface area contributed by atoms with Crippen LogP contribution in [0.5, 0.6) is 0 Å². The summed E-state index contributed by atoms with van der Waals surface area (Å²) in [6.07, 6.45) is 9.11. The minimum Gasteiger partial charge on any atom is -0.327 e. The maximum absolute atomic E-state index is 5.92. The average molecular weight is 314 g/mol. The predicted octanol–water partition coefficient (Wildman–Crippen LogP) is 4.74. The first-order valence-electron chi connectivity index (χ1n) is 6.37. The summed E-state index contributed by atoms with van der Waals surface area (Å²) < 4.78 is 1.22. The maximum atomic E-state index is 5.92. The summed E-state index contributed by atoms with van der Waals surface area (Å²) in [5.74, 6) is 0.731. The Kier molecular flexibility index (Phi) is 4.83. The third kappa shape index (κ3) is 3.43. The van der Waals surface area contributed by atoms with Crippen molar-refractivity contribution in [2.24, 2.45) is 11.7 Å². The molecule has 0 bridgehead atoms. The van der Waals surface area contributed by atoms with Gasteiger partial charge in [0.2, 0.25) is 0 Å². The largest absolute Gasteiger partial charge is 0.327 e. The lowest BCUT2D eigenvalue weighted by atomic mass is 9.83. The Labute approximate surface area is 116 Å². The highest BCUT2D eigenvalue weighted by Gasteiger charge is 2.17. The van der Waals surface area contributed by atoms with Crippen molar-refractivity contribution in [3.63, 3.8) is 0 Å². The molecule has 1 fully saturated rings. The summed E-state index contributed by atoms with van der Waals surface area (Å²) in [7, 11) is 0. The second kappa shape index (κ2) is 6.17. The van der Waals surface area contributed by atoms with Gasteiger partial charge in [0.25, 0.3) is 0 Å². The smallest absolute Gasteiger partial charge is 0.0317 e. The van der Waals surface area contributed by atoms with Crippen LogP contribution in [0.15, 0.2) is 16.1 Å². The zero-order valence-electron chi connectivity index (χ0n) is 10.3. The van der Waals surface area contributed by atoms with E-state index in [1.165, 1.54) is 51.9 Å². The first-order valence-corrected chi connectivity index (χ1v) is 7.98. The van der Waals surface area contributed by atoms with Gasteiger partial charge in [0.05, 0.1) is 0 Å². The Hall–Kier alpha value is -0.120. The van der Waals surface area contributed by atoms with Gasteiger partial charge in [-0.3, -0.25) is 0 Å². The van der Waals surface area contributed by atoms with Gasteiger partial charge < -0.3 is 5.73 Å². The lowest BCUT2D eigenvalue weighted by Gasteiger charge is -2.23. The Bertz CT molecular complexity index is 383. The van der Waals surface area contributed by atoms with Crippen molar-refractivity contribution in [2.75, 3.05) is 6.54 Å². The highest BCUT2D eigenvalue weighted by Crippen LogP contribution is 2.33. The molecule has 0 saturated heterocycles. The van der Waals surface area contributed by atoms with Crippen molar-refractivity contribution in [1.82, 2.24) is 0 Å². The summed E-state index contributed by atoms with van der Waals surface area (Å²) in [5.41, 5.74) is 7.36. The van der Waals surface area contributed by atoms with Gasteiger partial charge in [-0.2, -0.15) is 0 Å². The van der Waals surface area contributed by atoms with Crippen molar-refractivity contribution in [3.8, 4) is 0 Å². The number of nitrogens with two attached hydrogens (primary N) is 1. The first kappa shape index (κ1) is 13.3. The van der Waals surface area contributed by atoms with Crippen molar-refractivity contribution >= 4 is 33.3 Å². The molecule has 17 heavy (non-hydrogen) atoms. The van der Waals surface area contributed by atoms with Gasteiger partial charge in [0, 0.05) is 20.8 Å². The Balaban J connectivity index is 2.16. The minimum absolute atomic E-state index is 0.708. The second-order valence-electron chi connectivity index (χ2n) is 4.81. The molecule has 1 nitrogen and oxygen atoms in total. The van der Waals surface area contributed by atoms with E-state index in [-0.39, 0.29) is 0 Å². The molecule has 0 atom stereocenters. The monoisotopic (exact) mass is 313 g/mol. The van der Waals surface area contributed by atoms with Gasteiger partial charge >= 0.3 is 0 Å². The minimum atomic E-state index is 0.708. The average Bonchev–Trinajstić information content (AvgIpc) is 2.67. The molecule has 94 valence electrons. The van der Waals surface area contributed by atoms with E-state index in [2.05, 4.69) is 35.0 Å². The molecule has 2 N–H and O–H groups in total. The molecule has 2 rings (SSSR count). The molecular formula is C14H20BrNS. The molecule has 1 heterocycles. The molecule has 0 aromatic carbocycles. The lowest BCUT2D eigenvalue weighted by Crippen LogP contribution is -2.15. The fraction of sp³-hybridized carbons (Fsp3) is 0.571. The third-order valence-electron chi connectivity index (χ3n) is 3.57. The fourth-order valence-electron chi connectivity index (χ4n) is 2.55. The van der Waals surface area contributed by atoms with Gasteiger partial charge in [-0.15, -0.1) is 11.3 Å². The lowest BCUT2D eigenvalue weighted by molar-refractivity contribution is 0.401. The second-order valence-corrected chi connectivity index (χ2v) is 6.95. The normalized spacial score (nSPS) is 18.6. The third-order valence-corrected chi connectivity index (χ3v) is 5.65. The summed E-state index contributed by atoms with van der Waals surface area (Å²) in [6, 6.07) is 2.21. The number of hydrogen-bond donors (Lipinski definition) is 1. The highest BCUT2D eigenvalue weighted by molar-refractivity contribution is 9.10. The van der Waals surface area contributed by atoms with Crippen LogP contribution < -0.4 is 5.73 Å². The molecule has 3 heteroatoms. The van der Waals surface area contributed by atoms with Gasteiger partial charge in [-0.25, -0.2) is 0 Å². The van der Waals surface area contributed by atoms with Crippen LogP contribution >= 0.6 is 27.3 Å². The van der Waals surface area contributed by atoms with E-state index in [9.17, 15) is 0 Å². The number of hydrogen-bond acceptors (Lipinski definition) is 2. The number of rotatable bonds is 3. The molecule has 0 amide bonds. The summed E-state index contributed by atoms with van der Waals surface area (Å²) in [4.78, 5) is 2.68. The summed E-state index contributed by atoms with van der Waals surface area (Å²) in [6.45, 7) is 2.86. The highest BCUT2D eigenvalue weighted by atomic mass is 79.9. The Morgan fingerprint density at radius 1 is 1.47 bits per heavy atom. The fourth-order valence-corrected chi connectivity index (χ4v) is 4.09. The van der Waals surface area contributed by atoms with E-state index in [4.69, 9.17) is 5.73 Å². The van der Waals surface area contributed by atoms with E-state index in [0.717, 1.165) is 5.92 Å². The van der Waals surface area contributed by atoms with Crippen LogP contribution in [-0.2, 0) is 0 Å². The zero-order chi connectivity index (χ0) is 12.3. The van der Waals surface area contributed by atoms with Crippen LogP contribution in [0.4, 0.5) is 0 Å². The predicted molar refractivity (Wildman–Crippen MR) is 80.4 cm³/mol. The quantitative estimate of drug-likeness (QED) is 0.856. The van der Waals surface area contributed by atoms with Crippen LogP contribution in [0.1, 0.15) is 41.9 Å². The summed E-state index contributed by atoms with van der Waals surface area (Å²) >= 11 is 5.42. The van der Waals surface area contributed by atoms with Crippen molar-refractivity contribution < 1.29 is 0 Å². The standard InChI is InChI=1S/C14H20BrNS/c1-10-14(15)8-13(17-10)7-12(9-16)11-5-3-2-4-6-11/h7-8,11H,2-6,9,16H2,1H3/b12-7-. The number of aryl methyl sites for hydroxylation is 1. The molecule has 0 unspecified atom stereocenters. The Morgan fingerprint density at radius 2 is 2.18 bits per heavy atom. The topological polar surface area (TPSA) is 26.0 Å². The van der Waals surface area contributed by atoms with E-state index >= 15 is 0 Å². The molecule has 1 aliphatic rings. The number of thiophene rings is 1. The van der Waals surface area contributed by atoms with Crippen LogP contribution in [0.25, 0.3) is 6.08 Å². The molecular weight excluding hydrogens is 294 g/mol. The van der Waals surface area contributed by atoms with Gasteiger partial charge in [-0.05, 0) is 53.8 Å². The molecule has 1 aromatic heterocycles. The van der Waals surface area contributed by atoms with Crippen molar-refractivity contribution in [1.29, 1.82) is 0 Å². The van der Waals surface area contributed by atoms with Gasteiger partial charge in [0.1, 0.15) is 0 Å². The molecule has 0 radical (unpaired) electrons. The van der Waals surface area contributed by atoms with E-state index in [0.29, 0.717) is 6.54 Å². The van der Waals surface area contributed by atoms with Crippen LogP contribution in [0.3, 0.4) is 0 Å². The van der Waals surface area contributed by atoms with Gasteiger partial charge in [-0.1, -0.05) is 24.8 Å². The number of halogens is 1. The molecule has 0 spiro atoms. The SMILES string of the molecule is Cc1sc(/C=C(/CN)C2CCCCC2)cc1Br. The first-order chi connectivity index (χ1) is 8.20. The van der Waals surface area contributed by atoms with Crippen molar-refractivity contribution in [2.45, 2.75) is 39.0 Å². The van der Waals surface area contributed by atoms with E-state index in [1.54, 1.807) is 0 Å². The zero-order valence-corrected chi connectivity index (χ0v) is 12.7. The molecule has 1 aliphatic carbocycles. The molecule has 1 aromatic rings. The van der Waals surface area contributed by atoms with Crippen LogP contribution in [0, 0.1) is 12.8 Å². The van der Waals surface area contributed by atoms with Crippen LogP contribution in [-0.4, -0.2) is 6.54 Å². The maximum Gasteiger partial charge on any atom is 0.0317 e. The molecule has 0 aliphatic heterocycles. The summed E-state index contributed by atoms with van der Waals surface area (Å²) in [5, 5.41) is 0. The Morgan fingerprint density at radius 3 is 2.71 bits per heavy atom. The van der Waals surface area contributed by atoms with E-state index in [1.807, 2.05) is 11.3 Å². The van der Waals surface area contributed by atoms with Gasteiger partial charge in [0.15, 0.2) is 0 Å².